The fourth-order valence-electron chi connectivity index (χ4n) is 4.86. The molecule has 2 aromatic rings. The molecule has 11 heteroatoms. The number of hydrogen-bond donors (Lipinski definition) is 2. The van der Waals surface area contributed by atoms with Crippen molar-refractivity contribution < 1.29 is 32.7 Å². The van der Waals surface area contributed by atoms with E-state index in [0.717, 1.165) is 12.1 Å². The molecule has 0 atom stereocenters. The van der Waals surface area contributed by atoms with Crippen LogP contribution in [0.1, 0.15) is 43.9 Å². The van der Waals surface area contributed by atoms with Crippen molar-refractivity contribution in [3.8, 4) is 0 Å². The fraction of sp³-hybridized carbons (Fsp3) is 0.357. The molecule has 4 rings (SSSR count). The van der Waals surface area contributed by atoms with E-state index in [1.165, 1.54) is 19.1 Å². The number of nitrogens with one attached hydrogen (secondary N) is 2. The van der Waals surface area contributed by atoms with Crippen LogP contribution in [0.25, 0.3) is 0 Å². The van der Waals surface area contributed by atoms with E-state index in [0.29, 0.717) is 32.0 Å². The molecule has 1 aliphatic heterocycles. The molecular formula is C28H30F2N4O5. The van der Waals surface area contributed by atoms with E-state index in [2.05, 4.69) is 10.6 Å². The molecule has 2 amide bonds. The molecule has 2 N–H and O–H groups in total. The summed E-state index contributed by atoms with van der Waals surface area (Å²) in [5.74, 6) is -3.38. The van der Waals surface area contributed by atoms with Crippen molar-refractivity contribution in [2.75, 3.05) is 46.9 Å². The van der Waals surface area contributed by atoms with Gasteiger partial charge in [0.15, 0.2) is 0 Å². The lowest BCUT2D eigenvalue weighted by atomic mass is 9.89. The lowest BCUT2D eigenvalue weighted by molar-refractivity contribution is -0.131. The topological polar surface area (TPSA) is 108 Å². The fourth-order valence-corrected chi connectivity index (χ4v) is 4.86. The maximum absolute atomic E-state index is 13.5. The summed E-state index contributed by atoms with van der Waals surface area (Å²) in [4.78, 5) is 55.7. The first-order chi connectivity index (χ1) is 18.7. The standard InChI is InChI=1S/C28H30F2N4O5/c1-31-24-25(27(37)22-6-4-3-5-21(22)26(24)36)34(11-12-39-2)23(35)16-33-9-7-20(8-10-33)32-28(38)17-13-18(29)15-19(30)14-17/h3-6,13-15,20,31H,7-12,16H2,1-2H3,(H,32,38). The van der Waals surface area contributed by atoms with Gasteiger partial charge in [0.05, 0.1) is 13.2 Å². The number of halogens is 2. The van der Waals surface area contributed by atoms with Crippen molar-refractivity contribution >= 4 is 23.4 Å². The van der Waals surface area contributed by atoms with Gasteiger partial charge in [-0.15, -0.1) is 0 Å². The summed E-state index contributed by atoms with van der Waals surface area (Å²) in [6.45, 7) is 1.17. The lowest BCUT2D eigenvalue weighted by Gasteiger charge is -2.34. The van der Waals surface area contributed by atoms with Crippen LogP contribution in [-0.2, 0) is 9.53 Å². The van der Waals surface area contributed by atoms with Gasteiger partial charge in [-0.25, -0.2) is 8.78 Å². The van der Waals surface area contributed by atoms with Gasteiger partial charge in [0.1, 0.15) is 23.0 Å². The smallest absolute Gasteiger partial charge is 0.251 e. The summed E-state index contributed by atoms with van der Waals surface area (Å²) in [5, 5.41) is 5.60. The van der Waals surface area contributed by atoms with Gasteiger partial charge in [0.25, 0.3) is 5.91 Å². The highest BCUT2D eigenvalue weighted by Gasteiger charge is 2.37. The molecule has 9 nitrogen and oxygen atoms in total. The molecule has 1 aliphatic carbocycles. The number of Topliss-reactive ketones (excluding diaryl/α,β-unsaturated/α-hetero) is 2. The number of amides is 2. The normalized spacial score (nSPS) is 16.2. The van der Waals surface area contributed by atoms with E-state index in [1.54, 1.807) is 24.3 Å². The maximum atomic E-state index is 13.5. The SMILES string of the molecule is CNC1=C(N(CCOC)C(=O)CN2CCC(NC(=O)c3cc(F)cc(F)c3)CC2)C(=O)c2ccccc2C1=O. The van der Waals surface area contributed by atoms with Crippen LogP contribution in [0.15, 0.2) is 53.9 Å². The quantitative estimate of drug-likeness (QED) is 0.502. The van der Waals surface area contributed by atoms with Gasteiger partial charge >= 0.3 is 0 Å². The van der Waals surface area contributed by atoms with Gasteiger partial charge in [-0.05, 0) is 25.0 Å². The molecule has 2 aliphatic rings. The molecular weight excluding hydrogens is 510 g/mol. The first-order valence-electron chi connectivity index (χ1n) is 12.6. The zero-order valence-corrected chi connectivity index (χ0v) is 21.8. The highest BCUT2D eigenvalue weighted by atomic mass is 19.1. The molecule has 0 unspecified atom stereocenters. The Labute approximate surface area is 224 Å². The van der Waals surface area contributed by atoms with E-state index in [1.807, 2.05) is 4.90 Å². The Hall–Kier alpha value is -3.96. The average molecular weight is 541 g/mol. The number of carbonyl (C=O) groups is 4. The summed E-state index contributed by atoms with van der Waals surface area (Å²) in [5.41, 5.74) is 0.466. The van der Waals surface area contributed by atoms with E-state index in [-0.39, 0.29) is 65.5 Å². The first kappa shape index (κ1) is 28.1. The average Bonchev–Trinajstić information content (AvgIpc) is 2.92. The Kier molecular flexibility index (Phi) is 8.82. The summed E-state index contributed by atoms with van der Waals surface area (Å²) in [6.07, 6.45) is 1.04. The summed E-state index contributed by atoms with van der Waals surface area (Å²) < 4.78 is 32.1. The second kappa shape index (κ2) is 12.3. The van der Waals surface area contributed by atoms with Crippen LogP contribution in [0.5, 0.6) is 0 Å². The van der Waals surface area contributed by atoms with E-state index >= 15 is 0 Å². The van der Waals surface area contributed by atoms with E-state index < -0.39 is 23.3 Å². The minimum Gasteiger partial charge on any atom is -0.383 e. The number of likely N-dealkylation sites (N-methyl/N-ethyl adjacent to an activating group) is 1. The first-order valence-corrected chi connectivity index (χ1v) is 12.6. The Bertz CT molecular complexity index is 1300. The third-order valence-electron chi connectivity index (χ3n) is 6.84. The Morgan fingerprint density at radius 3 is 2.23 bits per heavy atom. The monoisotopic (exact) mass is 540 g/mol. The van der Waals surface area contributed by atoms with Gasteiger partial charge in [-0.2, -0.15) is 0 Å². The minimum atomic E-state index is -0.829. The van der Waals surface area contributed by atoms with Crippen molar-refractivity contribution in [3.05, 3.63) is 82.2 Å². The molecule has 2 aromatic carbocycles. The van der Waals surface area contributed by atoms with Crippen LogP contribution in [0.3, 0.4) is 0 Å². The summed E-state index contributed by atoms with van der Waals surface area (Å²) >= 11 is 0. The highest BCUT2D eigenvalue weighted by molar-refractivity contribution is 6.27. The van der Waals surface area contributed by atoms with Crippen LogP contribution < -0.4 is 10.6 Å². The van der Waals surface area contributed by atoms with Crippen LogP contribution in [-0.4, -0.2) is 86.2 Å². The number of hydrogen-bond acceptors (Lipinski definition) is 7. The third kappa shape index (κ3) is 6.21. The molecule has 0 radical (unpaired) electrons. The summed E-state index contributed by atoms with van der Waals surface area (Å²) in [6, 6.07) is 8.92. The molecule has 1 fully saturated rings. The van der Waals surface area contributed by atoms with Gasteiger partial charge in [-0.3, -0.25) is 24.1 Å². The van der Waals surface area contributed by atoms with Gasteiger partial charge in [0.2, 0.25) is 17.5 Å². The lowest BCUT2D eigenvalue weighted by Crippen LogP contribution is -2.49. The Morgan fingerprint density at radius 2 is 1.64 bits per heavy atom. The number of carbonyl (C=O) groups excluding carboxylic acids is 4. The minimum absolute atomic E-state index is 0.00674. The molecule has 0 bridgehead atoms. The largest absolute Gasteiger partial charge is 0.383 e. The molecule has 0 spiro atoms. The predicted molar refractivity (Wildman–Crippen MR) is 138 cm³/mol. The molecule has 206 valence electrons. The zero-order valence-electron chi connectivity index (χ0n) is 21.8. The molecule has 1 heterocycles. The molecule has 0 aromatic heterocycles. The van der Waals surface area contributed by atoms with Crippen molar-refractivity contribution in [2.45, 2.75) is 18.9 Å². The number of methoxy groups -OCH3 is 1. The zero-order chi connectivity index (χ0) is 28.1. The number of ketones is 2. The summed E-state index contributed by atoms with van der Waals surface area (Å²) in [7, 11) is 3.02. The van der Waals surface area contributed by atoms with Gasteiger partial charge in [-0.1, -0.05) is 24.3 Å². The number of allylic oxidation sites excluding steroid dienone is 2. The molecule has 1 saturated heterocycles. The van der Waals surface area contributed by atoms with Crippen LogP contribution >= 0.6 is 0 Å². The number of fused-ring (bicyclic) bond motifs is 1. The van der Waals surface area contributed by atoms with Crippen molar-refractivity contribution in [1.29, 1.82) is 0 Å². The van der Waals surface area contributed by atoms with E-state index in [9.17, 15) is 28.0 Å². The number of nitrogens with zero attached hydrogens (tertiary/aromatic N) is 2. The number of piperidine rings is 1. The number of benzene rings is 2. The highest BCUT2D eigenvalue weighted by Crippen LogP contribution is 2.27. The number of ether oxygens (including phenoxy) is 1. The number of likely N-dealkylation sites (tertiary alicyclic amines) is 1. The second-order valence-electron chi connectivity index (χ2n) is 9.40. The predicted octanol–water partition coefficient (Wildman–Crippen LogP) is 2.14. The van der Waals surface area contributed by atoms with Crippen molar-refractivity contribution in [3.63, 3.8) is 0 Å². The van der Waals surface area contributed by atoms with Crippen LogP contribution in [0.4, 0.5) is 8.78 Å². The van der Waals surface area contributed by atoms with E-state index in [4.69, 9.17) is 4.74 Å². The number of rotatable bonds is 9. The Balaban J connectivity index is 1.44. The molecule has 39 heavy (non-hydrogen) atoms. The van der Waals surface area contributed by atoms with Crippen molar-refractivity contribution in [2.24, 2.45) is 0 Å². The maximum Gasteiger partial charge on any atom is 0.251 e. The second-order valence-corrected chi connectivity index (χ2v) is 9.40. The van der Waals surface area contributed by atoms with Crippen molar-refractivity contribution in [1.82, 2.24) is 20.4 Å². The van der Waals surface area contributed by atoms with Gasteiger partial charge in [0, 0.05) is 62.6 Å². The molecule has 0 saturated carbocycles. The van der Waals surface area contributed by atoms with Crippen LogP contribution in [0, 0.1) is 11.6 Å². The van der Waals surface area contributed by atoms with Gasteiger partial charge < -0.3 is 20.3 Å². The van der Waals surface area contributed by atoms with Crippen LogP contribution in [0.2, 0.25) is 0 Å². The Morgan fingerprint density at radius 1 is 1.03 bits per heavy atom. The third-order valence-corrected chi connectivity index (χ3v) is 6.84.